The highest BCUT2D eigenvalue weighted by Gasteiger charge is 2.35. The van der Waals surface area contributed by atoms with Crippen molar-refractivity contribution in [2.24, 2.45) is 5.92 Å². The van der Waals surface area contributed by atoms with Crippen LogP contribution in [-0.2, 0) is 15.8 Å². The van der Waals surface area contributed by atoms with Crippen LogP contribution in [0.1, 0.15) is 25.3 Å². The fourth-order valence-electron chi connectivity index (χ4n) is 3.58. The molecule has 0 spiro atoms. The number of hydrogen-bond acceptors (Lipinski definition) is 3. The summed E-state index contributed by atoms with van der Waals surface area (Å²) < 4.78 is 39.8. The molecule has 1 fully saturated rings. The molecule has 3 rings (SSSR count). The van der Waals surface area contributed by atoms with Gasteiger partial charge in [-0.25, -0.2) is 0 Å². The van der Waals surface area contributed by atoms with Crippen LogP contribution < -0.4 is 10.6 Å². The maximum Gasteiger partial charge on any atom is 0.418 e. The van der Waals surface area contributed by atoms with E-state index >= 15 is 0 Å². The van der Waals surface area contributed by atoms with E-state index in [2.05, 4.69) is 10.6 Å². The van der Waals surface area contributed by atoms with Gasteiger partial charge in [0.15, 0.2) is 0 Å². The molecule has 2 amide bonds. The molecule has 1 saturated heterocycles. The Kier molecular flexibility index (Phi) is 7.23. The first-order valence-electron chi connectivity index (χ1n) is 9.92. The van der Waals surface area contributed by atoms with Crippen molar-refractivity contribution < 1.29 is 22.8 Å². The number of halogens is 4. The summed E-state index contributed by atoms with van der Waals surface area (Å²) in [5.41, 5.74) is -0.589. The molecular formula is C22H23ClF3N3O2. The van der Waals surface area contributed by atoms with Crippen LogP contribution in [0, 0.1) is 5.92 Å². The number of nitrogens with one attached hydrogen (secondary N) is 2. The van der Waals surface area contributed by atoms with E-state index in [4.69, 9.17) is 11.6 Å². The highest BCUT2D eigenvalue weighted by Crippen LogP contribution is 2.36. The van der Waals surface area contributed by atoms with Crippen molar-refractivity contribution in [2.45, 2.75) is 32.0 Å². The summed E-state index contributed by atoms with van der Waals surface area (Å²) >= 11 is 5.68. The number of hydrogen-bond donors (Lipinski definition) is 2. The number of likely N-dealkylation sites (tertiary alicyclic amines) is 1. The van der Waals surface area contributed by atoms with Crippen molar-refractivity contribution in [1.82, 2.24) is 4.90 Å². The van der Waals surface area contributed by atoms with E-state index in [0.717, 1.165) is 17.8 Å². The van der Waals surface area contributed by atoms with Gasteiger partial charge in [-0.05, 0) is 63.2 Å². The van der Waals surface area contributed by atoms with Gasteiger partial charge in [0.1, 0.15) is 0 Å². The second-order valence-corrected chi connectivity index (χ2v) is 7.95. The van der Waals surface area contributed by atoms with E-state index in [1.165, 1.54) is 6.07 Å². The number of rotatable bonds is 5. The van der Waals surface area contributed by atoms with Crippen molar-refractivity contribution in [3.8, 4) is 0 Å². The van der Waals surface area contributed by atoms with E-state index in [-0.39, 0.29) is 22.5 Å². The standard InChI is InChI=1S/C22H23ClF3N3O2/c1-14(20(30)28-19-8-7-16(23)13-18(19)22(24,25)26)29-11-9-15(10-12-29)21(31)27-17-5-3-2-4-6-17/h2-8,13-15H,9-12H2,1H3,(H,27,31)(H,28,30). The van der Waals surface area contributed by atoms with Gasteiger partial charge in [0.05, 0.1) is 17.3 Å². The number of para-hydroxylation sites is 1. The lowest BCUT2D eigenvalue weighted by molar-refractivity contribution is -0.137. The third-order valence-corrected chi connectivity index (χ3v) is 5.65. The summed E-state index contributed by atoms with van der Waals surface area (Å²) in [6.45, 7) is 2.63. The molecular weight excluding hydrogens is 431 g/mol. The molecule has 0 bridgehead atoms. The minimum atomic E-state index is -4.64. The average Bonchev–Trinajstić information content (AvgIpc) is 2.74. The van der Waals surface area contributed by atoms with Crippen LogP contribution in [-0.4, -0.2) is 35.8 Å². The van der Waals surface area contributed by atoms with Crippen LogP contribution >= 0.6 is 11.6 Å². The summed E-state index contributed by atoms with van der Waals surface area (Å²) in [4.78, 5) is 26.9. The van der Waals surface area contributed by atoms with Crippen LogP contribution in [0.4, 0.5) is 24.5 Å². The lowest BCUT2D eigenvalue weighted by atomic mass is 9.94. The minimum absolute atomic E-state index is 0.0609. The van der Waals surface area contributed by atoms with E-state index in [0.29, 0.717) is 25.9 Å². The van der Waals surface area contributed by atoms with Crippen LogP contribution in [0.2, 0.25) is 5.02 Å². The largest absolute Gasteiger partial charge is 0.418 e. The Labute approximate surface area is 183 Å². The summed E-state index contributed by atoms with van der Waals surface area (Å²) in [5, 5.41) is 5.19. The predicted molar refractivity (Wildman–Crippen MR) is 114 cm³/mol. The van der Waals surface area contributed by atoms with Gasteiger partial charge in [0.25, 0.3) is 0 Å². The summed E-state index contributed by atoms with van der Waals surface area (Å²) in [7, 11) is 0. The lowest BCUT2D eigenvalue weighted by Gasteiger charge is -2.34. The quantitative estimate of drug-likeness (QED) is 0.667. The fraction of sp³-hybridized carbons (Fsp3) is 0.364. The Hall–Kier alpha value is -2.58. The Morgan fingerprint density at radius 1 is 1.06 bits per heavy atom. The monoisotopic (exact) mass is 453 g/mol. The number of carbonyl (C=O) groups excluding carboxylic acids is 2. The molecule has 1 heterocycles. The van der Waals surface area contributed by atoms with Gasteiger partial charge in [-0.2, -0.15) is 13.2 Å². The zero-order chi connectivity index (χ0) is 22.6. The second-order valence-electron chi connectivity index (χ2n) is 7.52. The van der Waals surface area contributed by atoms with Crippen molar-refractivity contribution in [1.29, 1.82) is 0 Å². The molecule has 2 aromatic carbocycles. The second kappa shape index (κ2) is 9.70. The molecule has 2 aromatic rings. The normalized spacial score (nSPS) is 16.5. The van der Waals surface area contributed by atoms with E-state index in [9.17, 15) is 22.8 Å². The maximum absolute atomic E-state index is 13.3. The van der Waals surface area contributed by atoms with Crippen molar-refractivity contribution in [3.63, 3.8) is 0 Å². The molecule has 0 aliphatic carbocycles. The molecule has 1 unspecified atom stereocenters. The van der Waals surface area contributed by atoms with Crippen LogP contribution in [0.5, 0.6) is 0 Å². The molecule has 0 aromatic heterocycles. The molecule has 9 heteroatoms. The Bertz CT molecular complexity index is 929. The minimum Gasteiger partial charge on any atom is -0.326 e. The number of benzene rings is 2. The lowest BCUT2D eigenvalue weighted by Crippen LogP contribution is -2.47. The van der Waals surface area contributed by atoms with Gasteiger partial charge in [-0.15, -0.1) is 0 Å². The van der Waals surface area contributed by atoms with E-state index < -0.39 is 23.7 Å². The fourth-order valence-corrected chi connectivity index (χ4v) is 3.75. The van der Waals surface area contributed by atoms with Gasteiger partial charge in [-0.3, -0.25) is 14.5 Å². The van der Waals surface area contributed by atoms with Gasteiger partial charge < -0.3 is 10.6 Å². The highest BCUT2D eigenvalue weighted by atomic mass is 35.5. The predicted octanol–water partition coefficient (Wildman–Crippen LogP) is 5.04. The van der Waals surface area contributed by atoms with Crippen molar-refractivity contribution in [2.75, 3.05) is 23.7 Å². The Morgan fingerprint density at radius 2 is 1.71 bits per heavy atom. The van der Waals surface area contributed by atoms with Crippen LogP contribution in [0.3, 0.4) is 0 Å². The third-order valence-electron chi connectivity index (χ3n) is 5.41. The van der Waals surface area contributed by atoms with Gasteiger partial charge in [0, 0.05) is 16.6 Å². The summed E-state index contributed by atoms with van der Waals surface area (Å²) in [5.74, 6) is -0.793. The van der Waals surface area contributed by atoms with Crippen LogP contribution in [0.15, 0.2) is 48.5 Å². The molecule has 5 nitrogen and oxygen atoms in total. The number of amides is 2. The molecule has 0 radical (unpaired) electrons. The zero-order valence-corrected chi connectivity index (χ0v) is 17.6. The number of piperidine rings is 1. The number of carbonyl (C=O) groups is 2. The zero-order valence-electron chi connectivity index (χ0n) is 16.9. The molecule has 166 valence electrons. The Morgan fingerprint density at radius 3 is 2.32 bits per heavy atom. The van der Waals surface area contributed by atoms with Gasteiger partial charge >= 0.3 is 6.18 Å². The Balaban J connectivity index is 1.57. The smallest absolute Gasteiger partial charge is 0.326 e. The number of alkyl halides is 3. The average molecular weight is 454 g/mol. The SMILES string of the molecule is CC(C(=O)Nc1ccc(Cl)cc1C(F)(F)F)N1CCC(C(=O)Nc2ccccc2)CC1. The highest BCUT2D eigenvalue weighted by molar-refractivity contribution is 6.30. The first kappa shape index (κ1) is 23.1. The van der Waals surface area contributed by atoms with E-state index in [1.807, 2.05) is 35.2 Å². The van der Waals surface area contributed by atoms with Gasteiger partial charge in [0.2, 0.25) is 11.8 Å². The first-order valence-corrected chi connectivity index (χ1v) is 10.3. The first-order chi connectivity index (χ1) is 14.6. The molecule has 1 aliphatic rings. The molecule has 1 aliphatic heterocycles. The number of nitrogens with zero attached hydrogens (tertiary/aromatic N) is 1. The van der Waals surface area contributed by atoms with E-state index in [1.54, 1.807) is 6.92 Å². The summed E-state index contributed by atoms with van der Waals surface area (Å²) in [6, 6.07) is 11.8. The topological polar surface area (TPSA) is 61.4 Å². The molecule has 1 atom stereocenters. The third kappa shape index (κ3) is 5.98. The van der Waals surface area contributed by atoms with Crippen LogP contribution in [0.25, 0.3) is 0 Å². The molecule has 31 heavy (non-hydrogen) atoms. The molecule has 0 saturated carbocycles. The van der Waals surface area contributed by atoms with Crippen molar-refractivity contribution in [3.05, 3.63) is 59.1 Å². The number of anilines is 2. The van der Waals surface area contributed by atoms with Gasteiger partial charge in [-0.1, -0.05) is 29.8 Å². The maximum atomic E-state index is 13.3. The van der Waals surface area contributed by atoms with Crippen molar-refractivity contribution >= 4 is 34.8 Å². The summed E-state index contributed by atoms with van der Waals surface area (Å²) in [6.07, 6.45) is -3.52. The molecule has 2 N–H and O–H groups in total.